The third-order valence-corrected chi connectivity index (χ3v) is 5.03. The number of rotatable bonds is 0. The molecule has 0 fully saturated rings. The van der Waals surface area contributed by atoms with Gasteiger partial charge in [-0.25, -0.2) is 0 Å². The Bertz CT molecular complexity index is 745. The van der Waals surface area contributed by atoms with Crippen molar-refractivity contribution in [3.63, 3.8) is 0 Å². The molecule has 0 unspecified atom stereocenters. The number of carbonyl (C=O) groups is 2. The normalized spacial score (nSPS) is 18.2. The smallest absolute Gasteiger partial charge is 0.164 e. The van der Waals surface area contributed by atoms with Gasteiger partial charge in [-0.3, -0.25) is 9.59 Å². The number of benzene rings is 2. The fourth-order valence-electron chi connectivity index (χ4n) is 4.35. The molecule has 104 valence electrons. The van der Waals surface area contributed by atoms with Gasteiger partial charge in [0.25, 0.3) is 0 Å². The zero-order chi connectivity index (χ0) is 14.8. The Morgan fingerprint density at radius 2 is 1.19 bits per heavy atom. The highest BCUT2D eigenvalue weighted by molar-refractivity contribution is 6.10. The van der Waals surface area contributed by atoms with Gasteiger partial charge in [-0.1, -0.05) is 36.4 Å². The molecule has 0 amide bonds. The minimum atomic E-state index is -0.421. The lowest BCUT2D eigenvalue weighted by atomic mass is 9.73. The average Bonchev–Trinajstić information content (AvgIpc) is 2.88. The van der Waals surface area contributed by atoms with Gasteiger partial charge in [-0.2, -0.15) is 0 Å². The van der Waals surface area contributed by atoms with E-state index in [0.29, 0.717) is 12.8 Å². The van der Waals surface area contributed by atoms with Crippen LogP contribution in [0.1, 0.15) is 55.8 Å². The fraction of sp³-hybridized carbons (Fsp3) is 0.263. The van der Waals surface area contributed by atoms with Crippen LogP contribution in [0.25, 0.3) is 0 Å². The van der Waals surface area contributed by atoms with E-state index in [4.69, 9.17) is 0 Å². The van der Waals surface area contributed by atoms with Crippen LogP contribution in [-0.4, -0.2) is 11.6 Å². The average molecular weight is 276 g/mol. The van der Waals surface area contributed by atoms with Crippen LogP contribution in [0.3, 0.4) is 0 Å². The SMILES string of the molecule is Cc1cccc2c1C1(CC2=O)CC(=O)c2cccc(C)c21. The molecule has 4 rings (SSSR count). The number of ketones is 2. The Hall–Kier alpha value is -2.22. The third kappa shape index (κ3) is 1.42. The number of Topliss-reactive ketones (excluding diaryl/α,β-unsaturated/α-hetero) is 2. The molecule has 0 saturated heterocycles. The minimum absolute atomic E-state index is 0.164. The van der Waals surface area contributed by atoms with Gasteiger partial charge in [0, 0.05) is 29.4 Å². The molecule has 2 heteroatoms. The van der Waals surface area contributed by atoms with E-state index in [2.05, 4.69) is 0 Å². The Kier molecular flexibility index (Phi) is 2.33. The van der Waals surface area contributed by atoms with Crippen molar-refractivity contribution in [3.8, 4) is 0 Å². The third-order valence-electron chi connectivity index (χ3n) is 5.03. The van der Waals surface area contributed by atoms with Crippen molar-refractivity contribution in [2.45, 2.75) is 32.1 Å². The second-order valence-corrected chi connectivity index (χ2v) is 6.28. The zero-order valence-corrected chi connectivity index (χ0v) is 12.2. The van der Waals surface area contributed by atoms with Crippen molar-refractivity contribution in [1.29, 1.82) is 0 Å². The summed E-state index contributed by atoms with van der Waals surface area (Å²) in [5.41, 5.74) is 5.57. The predicted octanol–water partition coefficient (Wildman–Crippen LogP) is 3.76. The Morgan fingerprint density at radius 1 is 0.762 bits per heavy atom. The van der Waals surface area contributed by atoms with E-state index in [1.165, 1.54) is 0 Å². The first-order chi connectivity index (χ1) is 10.0. The number of aryl methyl sites for hydroxylation is 2. The summed E-state index contributed by atoms with van der Waals surface area (Å²) in [5.74, 6) is 0.329. The summed E-state index contributed by atoms with van der Waals surface area (Å²) in [7, 11) is 0. The first kappa shape index (κ1) is 12.5. The van der Waals surface area contributed by atoms with Crippen LogP contribution in [0, 0.1) is 13.8 Å². The molecule has 2 aromatic rings. The molecule has 0 bridgehead atoms. The van der Waals surface area contributed by atoms with Crippen molar-refractivity contribution in [3.05, 3.63) is 69.8 Å². The van der Waals surface area contributed by atoms with Crippen LogP contribution in [0.2, 0.25) is 0 Å². The number of carbonyl (C=O) groups excluding carboxylic acids is 2. The molecule has 0 aromatic heterocycles. The van der Waals surface area contributed by atoms with E-state index >= 15 is 0 Å². The highest BCUT2D eigenvalue weighted by Crippen LogP contribution is 2.53. The second-order valence-electron chi connectivity index (χ2n) is 6.28. The zero-order valence-electron chi connectivity index (χ0n) is 12.2. The monoisotopic (exact) mass is 276 g/mol. The van der Waals surface area contributed by atoms with Gasteiger partial charge in [0.15, 0.2) is 11.6 Å². The Balaban J connectivity index is 2.11. The van der Waals surface area contributed by atoms with Crippen LogP contribution < -0.4 is 0 Å². The van der Waals surface area contributed by atoms with Crippen molar-refractivity contribution < 1.29 is 9.59 Å². The fourth-order valence-corrected chi connectivity index (χ4v) is 4.35. The number of hydrogen-bond donors (Lipinski definition) is 0. The number of fused-ring (bicyclic) bond motifs is 4. The molecule has 2 aliphatic rings. The van der Waals surface area contributed by atoms with Gasteiger partial charge < -0.3 is 0 Å². The largest absolute Gasteiger partial charge is 0.294 e. The lowest BCUT2D eigenvalue weighted by molar-refractivity contribution is 0.0957. The van der Waals surface area contributed by atoms with Crippen LogP contribution in [-0.2, 0) is 5.41 Å². The molecule has 0 atom stereocenters. The van der Waals surface area contributed by atoms with E-state index in [1.807, 2.05) is 50.2 Å². The van der Waals surface area contributed by atoms with E-state index < -0.39 is 5.41 Å². The lowest BCUT2D eigenvalue weighted by Crippen LogP contribution is -2.24. The quantitative estimate of drug-likeness (QED) is 0.734. The molecule has 0 heterocycles. The summed E-state index contributed by atoms with van der Waals surface area (Å²) in [6, 6.07) is 11.8. The maximum Gasteiger partial charge on any atom is 0.164 e. The van der Waals surface area contributed by atoms with Crippen molar-refractivity contribution >= 4 is 11.6 Å². The summed E-state index contributed by atoms with van der Waals surface area (Å²) < 4.78 is 0. The summed E-state index contributed by atoms with van der Waals surface area (Å²) in [6.45, 7) is 4.08. The van der Waals surface area contributed by atoms with Crippen molar-refractivity contribution in [2.75, 3.05) is 0 Å². The van der Waals surface area contributed by atoms with Gasteiger partial charge >= 0.3 is 0 Å². The molecule has 0 radical (unpaired) electrons. The van der Waals surface area contributed by atoms with Gasteiger partial charge in [0.2, 0.25) is 0 Å². The van der Waals surface area contributed by atoms with E-state index in [1.54, 1.807) is 0 Å². The molecule has 0 N–H and O–H groups in total. The summed E-state index contributed by atoms with van der Waals surface area (Å²) in [4.78, 5) is 25.0. The highest BCUT2D eigenvalue weighted by atomic mass is 16.1. The maximum absolute atomic E-state index is 12.5. The van der Waals surface area contributed by atoms with E-state index in [0.717, 1.165) is 33.4 Å². The summed E-state index contributed by atoms with van der Waals surface area (Å²) in [6.07, 6.45) is 0.855. The van der Waals surface area contributed by atoms with Gasteiger partial charge in [0.1, 0.15) is 0 Å². The minimum Gasteiger partial charge on any atom is -0.294 e. The van der Waals surface area contributed by atoms with Gasteiger partial charge in [-0.05, 0) is 36.1 Å². The standard InChI is InChI=1S/C19H16O2/c1-11-5-3-7-13-15(20)9-19(17(11)13)10-16(21)14-8-4-6-12(2)18(14)19/h3-8H,9-10H2,1-2H3. The second kappa shape index (κ2) is 3.91. The lowest BCUT2D eigenvalue weighted by Gasteiger charge is -2.27. The van der Waals surface area contributed by atoms with Gasteiger partial charge in [-0.15, -0.1) is 0 Å². The molecular formula is C19H16O2. The van der Waals surface area contributed by atoms with Crippen LogP contribution in [0.4, 0.5) is 0 Å². The molecule has 0 aliphatic heterocycles. The Morgan fingerprint density at radius 3 is 1.62 bits per heavy atom. The first-order valence-electron chi connectivity index (χ1n) is 7.31. The van der Waals surface area contributed by atoms with E-state index in [9.17, 15) is 9.59 Å². The topological polar surface area (TPSA) is 34.1 Å². The molecule has 2 aliphatic carbocycles. The molecule has 2 aromatic carbocycles. The van der Waals surface area contributed by atoms with E-state index in [-0.39, 0.29) is 11.6 Å². The molecule has 1 spiro atoms. The number of hydrogen-bond acceptors (Lipinski definition) is 2. The predicted molar refractivity (Wildman–Crippen MR) is 81.0 cm³/mol. The molecule has 2 nitrogen and oxygen atoms in total. The summed E-state index contributed by atoms with van der Waals surface area (Å²) in [5, 5.41) is 0. The maximum atomic E-state index is 12.5. The molecule has 21 heavy (non-hydrogen) atoms. The molecular weight excluding hydrogens is 260 g/mol. The summed E-state index contributed by atoms with van der Waals surface area (Å²) >= 11 is 0. The van der Waals surface area contributed by atoms with Gasteiger partial charge in [0.05, 0.1) is 0 Å². The Labute approximate surface area is 123 Å². The van der Waals surface area contributed by atoms with Crippen LogP contribution >= 0.6 is 0 Å². The van der Waals surface area contributed by atoms with Crippen molar-refractivity contribution in [1.82, 2.24) is 0 Å². The van der Waals surface area contributed by atoms with Crippen LogP contribution in [0.15, 0.2) is 36.4 Å². The first-order valence-corrected chi connectivity index (χ1v) is 7.31. The van der Waals surface area contributed by atoms with Crippen molar-refractivity contribution in [2.24, 2.45) is 0 Å². The van der Waals surface area contributed by atoms with Crippen LogP contribution in [0.5, 0.6) is 0 Å². The highest BCUT2D eigenvalue weighted by Gasteiger charge is 2.52. The molecule has 0 saturated carbocycles.